The molecular formula is C21H22ClN3O3. The Kier molecular flexibility index (Phi) is 6.55. The van der Waals surface area contributed by atoms with E-state index in [2.05, 4.69) is 10.4 Å². The smallest absolute Gasteiger partial charge is 0.251 e. The topological polar surface area (TPSA) is 65.4 Å². The van der Waals surface area contributed by atoms with Crippen LogP contribution in [-0.4, -0.2) is 35.9 Å². The number of nitrogens with one attached hydrogen (secondary N) is 1. The molecule has 7 heteroatoms. The quantitative estimate of drug-likeness (QED) is 0.623. The molecule has 28 heavy (non-hydrogen) atoms. The van der Waals surface area contributed by atoms with E-state index in [1.807, 2.05) is 48.1 Å². The fourth-order valence-corrected chi connectivity index (χ4v) is 3.03. The standard InChI is InChI=1S/C21H22ClN3O3/c1-3-28-20-18(22)11-16(12-19(20)27-2)21(26)23-10-9-15-13-24-25(14-15)17-7-5-4-6-8-17/h4-8,11-14H,3,9-10H2,1-2H3,(H,23,26). The average molecular weight is 400 g/mol. The van der Waals surface area contributed by atoms with Crippen LogP contribution in [0.4, 0.5) is 0 Å². The van der Waals surface area contributed by atoms with E-state index in [-0.39, 0.29) is 5.91 Å². The molecule has 0 atom stereocenters. The number of para-hydroxylation sites is 1. The van der Waals surface area contributed by atoms with Crippen molar-refractivity contribution in [2.45, 2.75) is 13.3 Å². The number of nitrogens with zero attached hydrogens (tertiary/aromatic N) is 2. The number of hydrogen-bond donors (Lipinski definition) is 1. The maximum absolute atomic E-state index is 12.5. The minimum atomic E-state index is -0.223. The summed E-state index contributed by atoms with van der Waals surface area (Å²) < 4.78 is 12.6. The zero-order valence-corrected chi connectivity index (χ0v) is 16.6. The van der Waals surface area contributed by atoms with Crippen molar-refractivity contribution in [2.75, 3.05) is 20.3 Å². The molecule has 0 bridgehead atoms. The van der Waals surface area contributed by atoms with Gasteiger partial charge in [-0.25, -0.2) is 4.68 Å². The van der Waals surface area contributed by atoms with Crippen LogP contribution < -0.4 is 14.8 Å². The van der Waals surface area contributed by atoms with Gasteiger partial charge in [-0.2, -0.15) is 5.10 Å². The molecule has 0 unspecified atom stereocenters. The molecule has 0 radical (unpaired) electrons. The van der Waals surface area contributed by atoms with Gasteiger partial charge in [0.1, 0.15) is 0 Å². The minimum absolute atomic E-state index is 0.223. The minimum Gasteiger partial charge on any atom is -0.493 e. The predicted molar refractivity (Wildman–Crippen MR) is 109 cm³/mol. The van der Waals surface area contributed by atoms with Crippen LogP contribution in [0.1, 0.15) is 22.8 Å². The van der Waals surface area contributed by atoms with E-state index >= 15 is 0 Å². The number of benzene rings is 2. The van der Waals surface area contributed by atoms with Crippen LogP contribution in [0.25, 0.3) is 5.69 Å². The van der Waals surface area contributed by atoms with Gasteiger partial charge >= 0.3 is 0 Å². The number of halogens is 1. The van der Waals surface area contributed by atoms with Crippen molar-refractivity contribution in [3.8, 4) is 17.2 Å². The van der Waals surface area contributed by atoms with Crippen LogP contribution in [0.2, 0.25) is 5.02 Å². The number of amides is 1. The molecule has 0 aliphatic carbocycles. The van der Waals surface area contributed by atoms with Crippen LogP contribution in [0.15, 0.2) is 54.9 Å². The van der Waals surface area contributed by atoms with E-state index in [1.54, 1.807) is 18.3 Å². The number of ether oxygens (including phenoxy) is 2. The number of carbonyl (C=O) groups excluding carboxylic acids is 1. The number of hydrogen-bond acceptors (Lipinski definition) is 4. The highest BCUT2D eigenvalue weighted by molar-refractivity contribution is 6.32. The second kappa shape index (κ2) is 9.28. The Morgan fingerprint density at radius 2 is 2.04 bits per heavy atom. The predicted octanol–water partition coefficient (Wildman–Crippen LogP) is 3.91. The first-order chi connectivity index (χ1) is 13.6. The van der Waals surface area contributed by atoms with E-state index < -0.39 is 0 Å². The third kappa shape index (κ3) is 4.64. The molecule has 1 amide bonds. The summed E-state index contributed by atoms with van der Waals surface area (Å²) in [5.41, 5.74) is 2.45. The van der Waals surface area contributed by atoms with Crippen LogP contribution in [-0.2, 0) is 6.42 Å². The number of aromatic nitrogens is 2. The molecule has 146 valence electrons. The second-order valence-electron chi connectivity index (χ2n) is 6.06. The van der Waals surface area contributed by atoms with Crippen molar-refractivity contribution < 1.29 is 14.3 Å². The van der Waals surface area contributed by atoms with Gasteiger partial charge in [0, 0.05) is 18.3 Å². The molecule has 1 aromatic heterocycles. The lowest BCUT2D eigenvalue weighted by molar-refractivity contribution is 0.0953. The summed E-state index contributed by atoms with van der Waals surface area (Å²) in [6.07, 6.45) is 4.43. The Balaban J connectivity index is 1.60. The molecule has 1 heterocycles. The summed E-state index contributed by atoms with van der Waals surface area (Å²) in [6, 6.07) is 13.1. The Hall–Kier alpha value is -2.99. The van der Waals surface area contributed by atoms with Crippen molar-refractivity contribution in [1.29, 1.82) is 0 Å². The molecule has 2 aromatic carbocycles. The van der Waals surface area contributed by atoms with E-state index in [9.17, 15) is 4.79 Å². The van der Waals surface area contributed by atoms with Gasteiger partial charge in [0.15, 0.2) is 11.5 Å². The average Bonchev–Trinajstić information content (AvgIpc) is 3.19. The molecule has 0 aliphatic heterocycles. The molecule has 0 aliphatic rings. The zero-order valence-electron chi connectivity index (χ0n) is 15.8. The molecule has 3 rings (SSSR count). The highest BCUT2D eigenvalue weighted by Crippen LogP contribution is 2.36. The molecule has 0 spiro atoms. The Morgan fingerprint density at radius 1 is 1.25 bits per heavy atom. The third-order valence-electron chi connectivity index (χ3n) is 4.14. The van der Waals surface area contributed by atoms with Crippen molar-refractivity contribution in [3.05, 3.63) is 71.0 Å². The molecule has 3 aromatic rings. The number of methoxy groups -OCH3 is 1. The van der Waals surface area contributed by atoms with Gasteiger partial charge in [-0.1, -0.05) is 29.8 Å². The first-order valence-electron chi connectivity index (χ1n) is 9.00. The summed E-state index contributed by atoms with van der Waals surface area (Å²) >= 11 is 6.23. The van der Waals surface area contributed by atoms with E-state index in [0.717, 1.165) is 11.3 Å². The largest absolute Gasteiger partial charge is 0.493 e. The van der Waals surface area contributed by atoms with Gasteiger partial charge in [-0.05, 0) is 43.2 Å². The Morgan fingerprint density at radius 3 is 2.75 bits per heavy atom. The van der Waals surface area contributed by atoms with Gasteiger partial charge in [0.25, 0.3) is 5.91 Å². The van der Waals surface area contributed by atoms with Gasteiger partial charge < -0.3 is 14.8 Å². The summed E-state index contributed by atoms with van der Waals surface area (Å²) in [7, 11) is 1.51. The fraction of sp³-hybridized carbons (Fsp3) is 0.238. The molecule has 0 saturated heterocycles. The fourth-order valence-electron chi connectivity index (χ4n) is 2.77. The van der Waals surface area contributed by atoms with Crippen molar-refractivity contribution >= 4 is 17.5 Å². The Labute approximate surface area is 169 Å². The highest BCUT2D eigenvalue weighted by Gasteiger charge is 2.15. The summed E-state index contributed by atoms with van der Waals surface area (Å²) in [5.74, 6) is 0.652. The van der Waals surface area contributed by atoms with Gasteiger partial charge in [-0.3, -0.25) is 4.79 Å². The highest BCUT2D eigenvalue weighted by atomic mass is 35.5. The third-order valence-corrected chi connectivity index (χ3v) is 4.42. The van der Waals surface area contributed by atoms with E-state index in [0.29, 0.717) is 41.7 Å². The summed E-state index contributed by atoms with van der Waals surface area (Å²) in [4.78, 5) is 12.5. The van der Waals surface area contributed by atoms with Gasteiger partial charge in [0.2, 0.25) is 0 Å². The van der Waals surface area contributed by atoms with Crippen LogP contribution in [0.5, 0.6) is 11.5 Å². The van der Waals surface area contributed by atoms with Crippen molar-refractivity contribution in [3.63, 3.8) is 0 Å². The molecule has 0 fully saturated rings. The van der Waals surface area contributed by atoms with Gasteiger partial charge in [0.05, 0.1) is 30.6 Å². The normalized spacial score (nSPS) is 10.5. The van der Waals surface area contributed by atoms with E-state index in [1.165, 1.54) is 7.11 Å². The number of rotatable bonds is 8. The summed E-state index contributed by atoms with van der Waals surface area (Å²) in [6.45, 7) is 2.79. The van der Waals surface area contributed by atoms with Crippen molar-refractivity contribution in [2.24, 2.45) is 0 Å². The van der Waals surface area contributed by atoms with E-state index in [4.69, 9.17) is 21.1 Å². The lowest BCUT2D eigenvalue weighted by Gasteiger charge is -2.13. The second-order valence-corrected chi connectivity index (χ2v) is 6.46. The van der Waals surface area contributed by atoms with Crippen LogP contribution in [0, 0.1) is 0 Å². The van der Waals surface area contributed by atoms with Gasteiger partial charge in [-0.15, -0.1) is 0 Å². The molecule has 1 N–H and O–H groups in total. The maximum Gasteiger partial charge on any atom is 0.251 e. The summed E-state index contributed by atoms with van der Waals surface area (Å²) in [5, 5.41) is 7.60. The SMILES string of the molecule is CCOc1c(Cl)cc(C(=O)NCCc2cnn(-c3ccccc3)c2)cc1OC. The number of carbonyl (C=O) groups is 1. The van der Waals surface area contributed by atoms with Crippen LogP contribution >= 0.6 is 11.6 Å². The zero-order chi connectivity index (χ0) is 19.9. The van der Waals surface area contributed by atoms with Crippen LogP contribution in [0.3, 0.4) is 0 Å². The molecular weight excluding hydrogens is 378 g/mol. The maximum atomic E-state index is 12.5. The lowest BCUT2D eigenvalue weighted by atomic mass is 10.1. The molecule has 0 saturated carbocycles. The lowest BCUT2D eigenvalue weighted by Crippen LogP contribution is -2.25. The first-order valence-corrected chi connectivity index (χ1v) is 9.37. The monoisotopic (exact) mass is 399 g/mol. The first kappa shape index (κ1) is 19.8. The Bertz CT molecular complexity index is 941. The molecule has 6 nitrogen and oxygen atoms in total. The van der Waals surface area contributed by atoms with Crippen molar-refractivity contribution in [1.82, 2.24) is 15.1 Å².